The van der Waals surface area contributed by atoms with E-state index in [-0.39, 0.29) is 5.41 Å². The summed E-state index contributed by atoms with van der Waals surface area (Å²) >= 11 is 7.64. The zero-order valence-corrected chi connectivity index (χ0v) is 13.4. The molecule has 21 heavy (non-hydrogen) atoms. The highest BCUT2D eigenvalue weighted by Gasteiger charge is 2.21. The van der Waals surface area contributed by atoms with Gasteiger partial charge in [-0.15, -0.1) is 10.2 Å². The van der Waals surface area contributed by atoms with Crippen LogP contribution in [0, 0.1) is 16.7 Å². The van der Waals surface area contributed by atoms with Gasteiger partial charge in [-0.1, -0.05) is 49.3 Å². The van der Waals surface area contributed by atoms with Gasteiger partial charge in [0.05, 0.1) is 11.1 Å². The fourth-order valence-corrected chi connectivity index (χ4v) is 2.89. The van der Waals surface area contributed by atoms with Crippen molar-refractivity contribution in [3.05, 3.63) is 29.3 Å². The third-order valence-corrected chi connectivity index (χ3v) is 4.72. The van der Waals surface area contributed by atoms with E-state index in [1.807, 2.05) is 32.0 Å². The summed E-state index contributed by atoms with van der Waals surface area (Å²) in [5.74, 6) is 7.32. The van der Waals surface area contributed by atoms with Crippen LogP contribution in [0.1, 0.15) is 20.3 Å². The molecule has 110 valence electrons. The predicted molar refractivity (Wildman–Crippen MR) is 85.4 cm³/mol. The Kier molecular flexibility index (Phi) is 4.76. The summed E-state index contributed by atoms with van der Waals surface area (Å²) in [6.07, 6.45) is 0.482. The number of hydrogen-bond acceptors (Lipinski definition) is 5. The second-order valence-electron chi connectivity index (χ2n) is 5.44. The number of nitrogen functional groups attached to an aromatic ring is 1. The number of nitrogens with two attached hydrogens (primary N) is 1. The van der Waals surface area contributed by atoms with Gasteiger partial charge >= 0.3 is 0 Å². The second-order valence-corrected chi connectivity index (χ2v) is 6.79. The molecule has 5 nitrogen and oxygen atoms in total. The summed E-state index contributed by atoms with van der Waals surface area (Å²) in [7, 11) is 0. The van der Waals surface area contributed by atoms with E-state index >= 15 is 0 Å². The normalized spacial score (nSPS) is 11.3. The number of thioether (sulfide) groups is 1. The number of nitriles is 1. The van der Waals surface area contributed by atoms with Crippen molar-refractivity contribution < 1.29 is 0 Å². The fourth-order valence-electron chi connectivity index (χ4n) is 1.73. The number of hydrogen-bond donors (Lipinski definition) is 1. The maximum absolute atomic E-state index is 8.81. The van der Waals surface area contributed by atoms with E-state index in [0.29, 0.717) is 22.4 Å². The van der Waals surface area contributed by atoms with Gasteiger partial charge in [-0.05, 0) is 17.5 Å². The molecule has 0 spiro atoms. The summed E-state index contributed by atoms with van der Waals surface area (Å²) in [6.45, 7) is 4.07. The molecule has 0 saturated carbocycles. The minimum atomic E-state index is -0.101. The highest BCUT2D eigenvalue weighted by Crippen LogP contribution is 2.31. The Morgan fingerprint density at radius 2 is 2.10 bits per heavy atom. The zero-order valence-electron chi connectivity index (χ0n) is 11.9. The molecule has 0 unspecified atom stereocenters. The number of nitrogens with zero attached hydrogens (tertiary/aromatic N) is 4. The first-order valence-electron chi connectivity index (χ1n) is 6.40. The first-order chi connectivity index (χ1) is 9.94. The van der Waals surface area contributed by atoms with Gasteiger partial charge < -0.3 is 5.84 Å². The molecule has 0 aliphatic rings. The lowest BCUT2D eigenvalue weighted by Crippen LogP contribution is -2.16. The lowest BCUT2D eigenvalue weighted by atomic mass is 9.93. The molecule has 0 aliphatic heterocycles. The predicted octanol–water partition coefficient (Wildman–Crippen LogP) is 3.34. The zero-order chi connectivity index (χ0) is 15.5. The number of halogens is 1. The van der Waals surface area contributed by atoms with Gasteiger partial charge in [0.25, 0.3) is 0 Å². The summed E-state index contributed by atoms with van der Waals surface area (Å²) < 4.78 is 1.44. The maximum Gasteiger partial charge on any atom is 0.210 e. The molecule has 1 heterocycles. The third-order valence-electron chi connectivity index (χ3n) is 2.93. The van der Waals surface area contributed by atoms with Crippen LogP contribution in [0.4, 0.5) is 0 Å². The van der Waals surface area contributed by atoms with Crippen LogP contribution in [0.3, 0.4) is 0 Å². The van der Waals surface area contributed by atoms with Crippen molar-refractivity contribution >= 4 is 23.4 Å². The van der Waals surface area contributed by atoms with Gasteiger partial charge in [0.15, 0.2) is 5.82 Å². The summed E-state index contributed by atoms with van der Waals surface area (Å²) in [5, 5.41) is 18.2. The highest BCUT2D eigenvalue weighted by molar-refractivity contribution is 7.99. The minimum absolute atomic E-state index is 0.101. The van der Waals surface area contributed by atoms with Gasteiger partial charge in [0, 0.05) is 17.7 Å². The SMILES string of the molecule is CC(C)(CC#N)CSc1nnc(-c2ccccc2Cl)n1N. The van der Waals surface area contributed by atoms with E-state index < -0.39 is 0 Å². The van der Waals surface area contributed by atoms with E-state index in [9.17, 15) is 0 Å². The minimum Gasteiger partial charge on any atom is -0.335 e. The molecule has 2 aromatic rings. The fraction of sp³-hybridized carbons (Fsp3) is 0.357. The smallest absolute Gasteiger partial charge is 0.210 e. The molecule has 1 aromatic carbocycles. The Morgan fingerprint density at radius 1 is 1.38 bits per heavy atom. The van der Waals surface area contributed by atoms with Crippen LogP contribution in [0.15, 0.2) is 29.4 Å². The number of rotatable bonds is 5. The van der Waals surface area contributed by atoms with Crippen LogP contribution < -0.4 is 5.84 Å². The molecule has 0 fully saturated rings. The van der Waals surface area contributed by atoms with Crippen molar-refractivity contribution in [3.8, 4) is 17.5 Å². The van der Waals surface area contributed by atoms with Crippen LogP contribution in [-0.2, 0) is 0 Å². The Hall–Kier alpha value is -1.71. The second kappa shape index (κ2) is 6.37. The van der Waals surface area contributed by atoms with E-state index in [4.69, 9.17) is 22.7 Å². The standard InChI is InChI=1S/C14H16ClN5S/c1-14(2,7-8-16)9-21-13-19-18-12(20(13)17)10-5-3-4-6-11(10)15/h3-6H,7,9,17H2,1-2H3. The molecule has 0 amide bonds. The van der Waals surface area contributed by atoms with Gasteiger partial charge in [-0.2, -0.15) is 5.26 Å². The van der Waals surface area contributed by atoms with Gasteiger partial charge in [0.1, 0.15) is 0 Å². The van der Waals surface area contributed by atoms with Gasteiger partial charge in [0.2, 0.25) is 5.16 Å². The quantitative estimate of drug-likeness (QED) is 0.674. The first-order valence-corrected chi connectivity index (χ1v) is 7.76. The molecule has 0 atom stereocenters. The molecule has 1 aromatic heterocycles. The van der Waals surface area contributed by atoms with Gasteiger partial charge in [-0.3, -0.25) is 0 Å². The average molecular weight is 322 g/mol. The number of benzene rings is 1. The van der Waals surface area contributed by atoms with Crippen LogP contribution >= 0.6 is 23.4 Å². The molecule has 7 heteroatoms. The van der Waals surface area contributed by atoms with Crippen molar-refractivity contribution in [2.24, 2.45) is 5.41 Å². The van der Waals surface area contributed by atoms with Crippen LogP contribution in [0.25, 0.3) is 11.4 Å². The third kappa shape index (κ3) is 3.69. The largest absolute Gasteiger partial charge is 0.335 e. The average Bonchev–Trinajstić information content (AvgIpc) is 2.78. The Labute approximate surface area is 133 Å². The molecular weight excluding hydrogens is 306 g/mol. The summed E-state index contributed by atoms with van der Waals surface area (Å²) in [5.41, 5.74) is 0.646. The van der Waals surface area contributed by atoms with Crippen LogP contribution in [-0.4, -0.2) is 20.6 Å². The summed E-state index contributed by atoms with van der Waals surface area (Å²) in [4.78, 5) is 0. The van der Waals surface area contributed by atoms with Crippen molar-refractivity contribution in [3.63, 3.8) is 0 Å². The van der Waals surface area contributed by atoms with Crippen molar-refractivity contribution in [1.82, 2.24) is 14.9 Å². The van der Waals surface area contributed by atoms with E-state index in [0.717, 1.165) is 11.3 Å². The molecule has 0 bridgehead atoms. The number of aromatic nitrogens is 3. The molecule has 2 N–H and O–H groups in total. The molecular formula is C14H16ClN5S. The molecule has 2 rings (SSSR count). The molecule has 0 saturated heterocycles. The lowest BCUT2D eigenvalue weighted by Gasteiger charge is -2.19. The van der Waals surface area contributed by atoms with Crippen molar-refractivity contribution in [1.29, 1.82) is 5.26 Å². The lowest BCUT2D eigenvalue weighted by molar-refractivity contribution is 0.436. The van der Waals surface area contributed by atoms with E-state index in [1.165, 1.54) is 16.4 Å². The first kappa shape index (κ1) is 15.7. The Morgan fingerprint density at radius 3 is 2.76 bits per heavy atom. The van der Waals surface area contributed by atoms with E-state index in [2.05, 4.69) is 16.3 Å². The van der Waals surface area contributed by atoms with Gasteiger partial charge in [-0.25, -0.2) is 4.68 Å². The topological polar surface area (TPSA) is 80.5 Å². The van der Waals surface area contributed by atoms with Crippen molar-refractivity contribution in [2.45, 2.75) is 25.4 Å². The maximum atomic E-state index is 8.81. The van der Waals surface area contributed by atoms with Crippen LogP contribution in [0.2, 0.25) is 5.02 Å². The monoisotopic (exact) mass is 321 g/mol. The summed E-state index contributed by atoms with van der Waals surface area (Å²) in [6, 6.07) is 9.55. The Balaban J connectivity index is 2.19. The molecule has 0 aliphatic carbocycles. The van der Waals surface area contributed by atoms with E-state index in [1.54, 1.807) is 6.07 Å². The molecule has 0 radical (unpaired) electrons. The van der Waals surface area contributed by atoms with Crippen molar-refractivity contribution in [2.75, 3.05) is 11.6 Å². The van der Waals surface area contributed by atoms with Crippen LogP contribution in [0.5, 0.6) is 0 Å². The highest BCUT2D eigenvalue weighted by atomic mass is 35.5. The Bertz CT molecular complexity index is 674.